The molecule has 0 amide bonds. The van der Waals surface area contributed by atoms with Crippen molar-refractivity contribution < 1.29 is 4.42 Å². The Morgan fingerprint density at radius 3 is 2.38 bits per heavy atom. The van der Waals surface area contributed by atoms with Crippen LogP contribution < -0.4 is 5.73 Å². The molecule has 0 spiro atoms. The van der Waals surface area contributed by atoms with E-state index in [9.17, 15) is 0 Å². The van der Waals surface area contributed by atoms with Crippen molar-refractivity contribution >= 4 is 0 Å². The molecule has 1 heterocycles. The fourth-order valence-corrected chi connectivity index (χ4v) is 2.05. The predicted molar refractivity (Wildman–Crippen MR) is 82.6 cm³/mol. The van der Waals surface area contributed by atoms with Crippen LogP contribution in [0, 0.1) is 0 Å². The highest BCUT2D eigenvalue weighted by Crippen LogP contribution is 2.21. The van der Waals surface area contributed by atoms with Crippen LogP contribution >= 0.6 is 0 Å². The molecule has 0 unspecified atom stereocenters. The van der Waals surface area contributed by atoms with E-state index in [0.29, 0.717) is 24.9 Å². The number of hydrogen-bond acceptors (Lipinski definition) is 5. The smallest absolute Gasteiger partial charge is 0.230 e. The molecular weight excluding hydrogens is 264 g/mol. The highest BCUT2D eigenvalue weighted by atomic mass is 16.4. The summed E-state index contributed by atoms with van der Waals surface area (Å²) in [5.74, 6) is 1.31. The molecule has 1 aromatic heterocycles. The summed E-state index contributed by atoms with van der Waals surface area (Å²) >= 11 is 0. The highest BCUT2D eigenvalue weighted by molar-refractivity contribution is 5.14. The lowest BCUT2D eigenvalue weighted by atomic mass is 9.97. The highest BCUT2D eigenvalue weighted by Gasteiger charge is 2.22. The topological polar surface area (TPSA) is 68.2 Å². The van der Waals surface area contributed by atoms with Crippen LogP contribution in [0.15, 0.2) is 34.7 Å². The predicted octanol–water partition coefficient (Wildman–Crippen LogP) is 2.33. The van der Waals surface area contributed by atoms with Crippen LogP contribution in [-0.2, 0) is 18.5 Å². The third-order valence-electron chi connectivity index (χ3n) is 3.16. The van der Waals surface area contributed by atoms with Crippen molar-refractivity contribution in [2.75, 3.05) is 13.1 Å². The third-order valence-corrected chi connectivity index (χ3v) is 3.16. The molecule has 5 heteroatoms. The fraction of sp³-hybridized carbons (Fsp3) is 0.500. The average molecular weight is 288 g/mol. The molecule has 0 aliphatic rings. The Kier molecular flexibility index (Phi) is 5.09. The quantitative estimate of drug-likeness (QED) is 0.883. The van der Waals surface area contributed by atoms with E-state index in [4.69, 9.17) is 10.2 Å². The van der Waals surface area contributed by atoms with Crippen LogP contribution in [0.5, 0.6) is 0 Å². The Labute approximate surface area is 126 Å². The van der Waals surface area contributed by atoms with Gasteiger partial charge in [-0.2, -0.15) is 0 Å². The Hall–Kier alpha value is -1.72. The summed E-state index contributed by atoms with van der Waals surface area (Å²) in [5.41, 5.74) is 6.83. The van der Waals surface area contributed by atoms with Gasteiger partial charge in [-0.25, -0.2) is 0 Å². The van der Waals surface area contributed by atoms with Crippen molar-refractivity contribution in [2.45, 2.75) is 39.3 Å². The Morgan fingerprint density at radius 1 is 1.10 bits per heavy atom. The molecule has 21 heavy (non-hydrogen) atoms. The van der Waals surface area contributed by atoms with E-state index in [0.717, 1.165) is 13.1 Å². The molecule has 114 valence electrons. The number of benzene rings is 1. The van der Waals surface area contributed by atoms with E-state index in [1.807, 2.05) is 18.2 Å². The van der Waals surface area contributed by atoms with E-state index in [1.54, 1.807) is 0 Å². The Bertz CT molecular complexity index is 545. The zero-order chi connectivity index (χ0) is 15.3. The van der Waals surface area contributed by atoms with Crippen LogP contribution in [0.2, 0.25) is 0 Å². The van der Waals surface area contributed by atoms with Crippen molar-refractivity contribution in [3.63, 3.8) is 0 Å². The second-order valence-electron chi connectivity index (χ2n) is 6.24. The number of nitrogens with zero attached hydrogens (tertiary/aromatic N) is 3. The molecule has 0 aliphatic heterocycles. The normalized spacial score (nSPS) is 12.0. The van der Waals surface area contributed by atoms with Crippen molar-refractivity contribution in [1.29, 1.82) is 0 Å². The maximum absolute atomic E-state index is 5.76. The van der Waals surface area contributed by atoms with Gasteiger partial charge in [-0.3, -0.25) is 4.90 Å². The molecule has 0 radical (unpaired) electrons. The van der Waals surface area contributed by atoms with Crippen LogP contribution in [0.1, 0.15) is 38.1 Å². The number of rotatable bonds is 6. The SMILES string of the molecule is CC(C)(C)c1nnc(CN(CCN)Cc2ccccc2)o1. The molecule has 0 aliphatic carbocycles. The molecule has 0 fully saturated rings. The fourth-order valence-electron chi connectivity index (χ4n) is 2.05. The summed E-state index contributed by atoms with van der Waals surface area (Å²) in [6.07, 6.45) is 0. The minimum absolute atomic E-state index is 0.122. The lowest BCUT2D eigenvalue weighted by Gasteiger charge is -2.19. The van der Waals surface area contributed by atoms with Crippen LogP contribution in [0.4, 0.5) is 0 Å². The van der Waals surface area contributed by atoms with Gasteiger partial charge in [0.1, 0.15) is 0 Å². The summed E-state index contributed by atoms with van der Waals surface area (Å²) in [4.78, 5) is 2.22. The lowest BCUT2D eigenvalue weighted by molar-refractivity contribution is 0.230. The second-order valence-corrected chi connectivity index (χ2v) is 6.24. The molecule has 0 bridgehead atoms. The van der Waals surface area contributed by atoms with Gasteiger partial charge in [-0.05, 0) is 5.56 Å². The van der Waals surface area contributed by atoms with E-state index in [2.05, 4.69) is 48.0 Å². The summed E-state index contributed by atoms with van der Waals surface area (Å²) in [7, 11) is 0. The molecule has 0 saturated carbocycles. The van der Waals surface area contributed by atoms with Gasteiger partial charge in [-0.1, -0.05) is 51.1 Å². The van der Waals surface area contributed by atoms with Crippen molar-refractivity contribution in [3.05, 3.63) is 47.7 Å². The maximum atomic E-state index is 5.76. The third kappa shape index (κ3) is 4.65. The second kappa shape index (κ2) is 6.83. The summed E-state index contributed by atoms with van der Waals surface area (Å²) in [6.45, 7) is 9.03. The van der Waals surface area contributed by atoms with Gasteiger partial charge < -0.3 is 10.2 Å². The van der Waals surface area contributed by atoms with Crippen LogP contribution in [0.3, 0.4) is 0 Å². The van der Waals surface area contributed by atoms with Crippen molar-refractivity contribution in [2.24, 2.45) is 5.73 Å². The largest absolute Gasteiger partial charge is 0.423 e. The zero-order valence-electron chi connectivity index (χ0n) is 13.0. The number of aromatic nitrogens is 2. The zero-order valence-corrected chi connectivity index (χ0v) is 13.0. The Balaban J connectivity index is 2.04. The Morgan fingerprint density at radius 2 is 1.81 bits per heavy atom. The first-order chi connectivity index (χ1) is 9.99. The van der Waals surface area contributed by atoms with Gasteiger partial charge in [-0.15, -0.1) is 10.2 Å². The summed E-state index contributed by atoms with van der Waals surface area (Å²) in [6, 6.07) is 10.3. The monoisotopic (exact) mass is 288 g/mol. The molecular formula is C16H24N4O. The number of hydrogen-bond donors (Lipinski definition) is 1. The van der Waals surface area contributed by atoms with Crippen LogP contribution in [-0.4, -0.2) is 28.2 Å². The van der Waals surface area contributed by atoms with Gasteiger partial charge in [0.05, 0.1) is 6.54 Å². The first-order valence-corrected chi connectivity index (χ1v) is 7.28. The van der Waals surface area contributed by atoms with Gasteiger partial charge in [0.2, 0.25) is 11.8 Å². The van der Waals surface area contributed by atoms with Gasteiger partial charge in [0, 0.05) is 25.0 Å². The molecule has 1 aromatic carbocycles. The van der Waals surface area contributed by atoms with Gasteiger partial charge in [0.15, 0.2) is 0 Å². The number of nitrogens with two attached hydrogens (primary N) is 1. The first-order valence-electron chi connectivity index (χ1n) is 7.28. The van der Waals surface area contributed by atoms with Gasteiger partial charge >= 0.3 is 0 Å². The molecule has 5 nitrogen and oxygen atoms in total. The first kappa shape index (κ1) is 15.7. The van der Waals surface area contributed by atoms with Crippen molar-refractivity contribution in [3.8, 4) is 0 Å². The van der Waals surface area contributed by atoms with Crippen LogP contribution in [0.25, 0.3) is 0 Å². The van der Waals surface area contributed by atoms with Crippen molar-refractivity contribution in [1.82, 2.24) is 15.1 Å². The molecule has 2 aromatic rings. The summed E-state index contributed by atoms with van der Waals surface area (Å²) < 4.78 is 5.76. The van der Waals surface area contributed by atoms with E-state index < -0.39 is 0 Å². The van der Waals surface area contributed by atoms with E-state index in [-0.39, 0.29) is 5.41 Å². The summed E-state index contributed by atoms with van der Waals surface area (Å²) in [5, 5.41) is 8.28. The lowest BCUT2D eigenvalue weighted by Crippen LogP contribution is -2.28. The maximum Gasteiger partial charge on any atom is 0.230 e. The minimum atomic E-state index is -0.122. The molecule has 2 rings (SSSR count). The standard InChI is InChI=1S/C16H24N4O/c1-16(2,3)15-19-18-14(21-15)12-20(10-9-17)11-13-7-5-4-6-8-13/h4-8H,9-12,17H2,1-3H3. The molecule has 2 N–H and O–H groups in total. The molecule has 0 saturated heterocycles. The van der Waals surface area contributed by atoms with Gasteiger partial charge in [0.25, 0.3) is 0 Å². The van der Waals surface area contributed by atoms with E-state index in [1.165, 1.54) is 5.56 Å². The minimum Gasteiger partial charge on any atom is -0.423 e. The molecule has 0 atom stereocenters. The van der Waals surface area contributed by atoms with E-state index >= 15 is 0 Å². The average Bonchev–Trinajstić information content (AvgIpc) is 2.89.